The lowest BCUT2D eigenvalue weighted by Gasteiger charge is -2.10. The predicted octanol–water partition coefficient (Wildman–Crippen LogP) is 0.552. The van der Waals surface area contributed by atoms with Crippen LogP contribution in [0.2, 0.25) is 0 Å². The first-order valence-electron chi connectivity index (χ1n) is 6.65. The number of aliphatic imine (C=N–C) groups is 1. The number of benzene rings is 1. The van der Waals surface area contributed by atoms with Gasteiger partial charge in [-0.3, -0.25) is 0 Å². The lowest BCUT2D eigenvalue weighted by atomic mass is 10.2. The normalized spacial score (nSPS) is 16.0. The Morgan fingerprint density at radius 2 is 2.20 bits per heavy atom. The number of rotatable bonds is 5. The average molecular weight is 296 g/mol. The second-order valence-corrected chi connectivity index (χ2v) is 6.37. The number of sulfonamides is 1. The van der Waals surface area contributed by atoms with Crippen LogP contribution in [-0.2, 0) is 16.6 Å². The Morgan fingerprint density at radius 1 is 1.45 bits per heavy atom. The van der Waals surface area contributed by atoms with E-state index in [9.17, 15) is 8.42 Å². The van der Waals surface area contributed by atoms with Gasteiger partial charge in [-0.15, -0.1) is 0 Å². The number of nitrogens with two attached hydrogens (primary N) is 1. The number of primary sulfonamides is 1. The molecule has 4 N–H and O–H groups in total. The molecule has 20 heavy (non-hydrogen) atoms. The van der Waals surface area contributed by atoms with Crippen molar-refractivity contribution in [3.63, 3.8) is 0 Å². The van der Waals surface area contributed by atoms with Crippen molar-refractivity contribution in [1.29, 1.82) is 0 Å². The van der Waals surface area contributed by atoms with Gasteiger partial charge in [-0.2, -0.15) is 0 Å². The van der Waals surface area contributed by atoms with Gasteiger partial charge in [-0.1, -0.05) is 12.1 Å². The molecular weight excluding hydrogens is 276 g/mol. The Bertz CT molecular complexity index is 594. The molecule has 0 heterocycles. The first-order valence-corrected chi connectivity index (χ1v) is 8.20. The summed E-state index contributed by atoms with van der Waals surface area (Å²) >= 11 is 0. The van der Waals surface area contributed by atoms with Crippen LogP contribution in [0.25, 0.3) is 0 Å². The zero-order chi connectivity index (χ0) is 14.6. The molecule has 1 aliphatic carbocycles. The molecule has 0 atom stereocenters. The fourth-order valence-corrected chi connectivity index (χ4v) is 2.32. The Hall–Kier alpha value is -1.60. The van der Waals surface area contributed by atoms with E-state index in [4.69, 9.17) is 5.14 Å². The third-order valence-electron chi connectivity index (χ3n) is 2.91. The highest BCUT2D eigenvalue weighted by Gasteiger charge is 2.22. The summed E-state index contributed by atoms with van der Waals surface area (Å²) in [5.74, 6) is 0.760. The maximum absolute atomic E-state index is 11.3. The Labute approximate surface area is 119 Å². The Kier molecular flexibility index (Phi) is 4.61. The molecule has 0 bridgehead atoms. The van der Waals surface area contributed by atoms with Crippen molar-refractivity contribution in [3.05, 3.63) is 29.8 Å². The van der Waals surface area contributed by atoms with Crippen molar-refractivity contribution in [1.82, 2.24) is 10.6 Å². The van der Waals surface area contributed by atoms with Gasteiger partial charge in [0, 0.05) is 12.6 Å². The molecule has 1 fully saturated rings. The molecule has 7 heteroatoms. The zero-order valence-corrected chi connectivity index (χ0v) is 12.3. The molecule has 0 unspecified atom stereocenters. The number of hydrogen-bond donors (Lipinski definition) is 3. The molecule has 1 aromatic carbocycles. The van der Waals surface area contributed by atoms with Crippen LogP contribution in [0.3, 0.4) is 0 Å². The molecular formula is C13H20N4O2S. The third kappa shape index (κ3) is 4.50. The summed E-state index contributed by atoms with van der Waals surface area (Å²) in [6, 6.07) is 7.06. The highest BCUT2D eigenvalue weighted by molar-refractivity contribution is 7.89. The predicted molar refractivity (Wildman–Crippen MR) is 78.8 cm³/mol. The summed E-state index contributed by atoms with van der Waals surface area (Å²) < 4.78 is 22.6. The molecule has 0 radical (unpaired) electrons. The number of nitrogens with zero attached hydrogens (tertiary/aromatic N) is 1. The molecule has 0 amide bonds. The lowest BCUT2D eigenvalue weighted by Crippen LogP contribution is -2.38. The summed E-state index contributed by atoms with van der Waals surface area (Å²) in [6.07, 6.45) is 2.34. The first-order chi connectivity index (χ1) is 9.49. The van der Waals surface area contributed by atoms with Gasteiger partial charge in [0.15, 0.2) is 5.96 Å². The standard InChI is InChI=1S/C13H20N4O2S/c1-2-15-13(17-11-6-7-11)16-9-10-4-3-5-12(8-10)20(14,18)19/h3-5,8,11H,2,6-7,9H2,1H3,(H2,14,18,19)(H2,15,16,17). The maximum atomic E-state index is 11.3. The van der Waals surface area contributed by atoms with E-state index in [-0.39, 0.29) is 4.90 Å². The van der Waals surface area contributed by atoms with Crippen LogP contribution in [0.15, 0.2) is 34.2 Å². The van der Waals surface area contributed by atoms with E-state index in [0.29, 0.717) is 12.6 Å². The molecule has 110 valence electrons. The minimum Gasteiger partial charge on any atom is -0.357 e. The largest absolute Gasteiger partial charge is 0.357 e. The van der Waals surface area contributed by atoms with E-state index in [1.165, 1.54) is 18.9 Å². The first kappa shape index (κ1) is 14.8. The van der Waals surface area contributed by atoms with E-state index in [1.54, 1.807) is 12.1 Å². The van der Waals surface area contributed by atoms with Crippen LogP contribution in [-0.4, -0.2) is 27.0 Å². The fourth-order valence-electron chi connectivity index (χ4n) is 1.73. The monoisotopic (exact) mass is 296 g/mol. The van der Waals surface area contributed by atoms with Gasteiger partial charge in [0.05, 0.1) is 11.4 Å². The molecule has 0 spiro atoms. The summed E-state index contributed by atoms with van der Waals surface area (Å²) in [5, 5.41) is 11.6. The van der Waals surface area contributed by atoms with Crippen LogP contribution in [0, 0.1) is 0 Å². The number of guanidine groups is 1. The third-order valence-corrected chi connectivity index (χ3v) is 3.82. The average Bonchev–Trinajstić information content (AvgIpc) is 3.20. The second kappa shape index (κ2) is 6.23. The summed E-state index contributed by atoms with van der Waals surface area (Å²) in [4.78, 5) is 4.56. The topological polar surface area (TPSA) is 96.6 Å². The van der Waals surface area contributed by atoms with Crippen molar-refractivity contribution in [2.75, 3.05) is 6.54 Å². The summed E-state index contributed by atoms with van der Waals surface area (Å²) in [7, 11) is -3.66. The van der Waals surface area contributed by atoms with Crippen molar-refractivity contribution < 1.29 is 8.42 Å². The van der Waals surface area contributed by atoms with Crippen molar-refractivity contribution >= 4 is 16.0 Å². The van der Waals surface area contributed by atoms with Gasteiger partial charge in [0.25, 0.3) is 0 Å². The summed E-state index contributed by atoms with van der Waals surface area (Å²) in [6.45, 7) is 3.20. The minimum atomic E-state index is -3.66. The van der Waals surface area contributed by atoms with Gasteiger partial charge in [0.2, 0.25) is 10.0 Å². The zero-order valence-electron chi connectivity index (χ0n) is 11.5. The SMILES string of the molecule is CCNC(=NCc1cccc(S(N)(=O)=O)c1)NC1CC1. The molecule has 6 nitrogen and oxygen atoms in total. The van der Waals surface area contributed by atoms with Crippen LogP contribution < -0.4 is 15.8 Å². The van der Waals surface area contributed by atoms with E-state index >= 15 is 0 Å². The van der Waals surface area contributed by atoms with Gasteiger partial charge >= 0.3 is 0 Å². The van der Waals surface area contributed by atoms with E-state index in [1.807, 2.05) is 13.0 Å². The molecule has 0 saturated heterocycles. The smallest absolute Gasteiger partial charge is 0.238 e. The molecule has 2 rings (SSSR count). The maximum Gasteiger partial charge on any atom is 0.238 e. The molecule has 1 aliphatic rings. The summed E-state index contributed by atoms with van der Waals surface area (Å²) in [5.41, 5.74) is 0.810. The fraction of sp³-hybridized carbons (Fsp3) is 0.462. The van der Waals surface area contributed by atoms with Crippen molar-refractivity contribution in [3.8, 4) is 0 Å². The number of hydrogen-bond acceptors (Lipinski definition) is 3. The van der Waals surface area contributed by atoms with Gasteiger partial charge in [0.1, 0.15) is 0 Å². The Balaban J connectivity index is 2.07. The second-order valence-electron chi connectivity index (χ2n) is 4.81. The van der Waals surface area contributed by atoms with Gasteiger partial charge < -0.3 is 10.6 Å². The highest BCUT2D eigenvalue weighted by atomic mass is 32.2. The molecule has 1 aromatic rings. The van der Waals surface area contributed by atoms with Crippen molar-refractivity contribution in [2.24, 2.45) is 10.1 Å². The molecule has 1 saturated carbocycles. The van der Waals surface area contributed by atoms with Gasteiger partial charge in [-0.05, 0) is 37.5 Å². The van der Waals surface area contributed by atoms with E-state index in [0.717, 1.165) is 18.1 Å². The van der Waals surface area contributed by atoms with Crippen LogP contribution >= 0.6 is 0 Å². The quantitative estimate of drug-likeness (QED) is 0.546. The van der Waals surface area contributed by atoms with Crippen molar-refractivity contribution in [2.45, 2.75) is 37.2 Å². The Morgan fingerprint density at radius 3 is 2.80 bits per heavy atom. The molecule has 0 aromatic heterocycles. The number of nitrogens with one attached hydrogen (secondary N) is 2. The van der Waals surface area contributed by atoms with Crippen LogP contribution in [0.5, 0.6) is 0 Å². The highest BCUT2D eigenvalue weighted by Crippen LogP contribution is 2.18. The molecule has 0 aliphatic heterocycles. The van der Waals surface area contributed by atoms with Crippen LogP contribution in [0.4, 0.5) is 0 Å². The lowest BCUT2D eigenvalue weighted by molar-refractivity contribution is 0.597. The van der Waals surface area contributed by atoms with E-state index in [2.05, 4.69) is 15.6 Å². The minimum absolute atomic E-state index is 0.116. The van der Waals surface area contributed by atoms with E-state index < -0.39 is 10.0 Å². The van der Waals surface area contributed by atoms with Gasteiger partial charge in [-0.25, -0.2) is 18.5 Å². The van der Waals surface area contributed by atoms with Crippen LogP contribution in [0.1, 0.15) is 25.3 Å².